The second-order valence-corrected chi connectivity index (χ2v) is 6.26. The summed E-state index contributed by atoms with van der Waals surface area (Å²) in [6, 6.07) is 2.65. The quantitative estimate of drug-likeness (QED) is 0.845. The molecule has 0 aliphatic rings. The maximum Gasteiger partial charge on any atom is 0.416 e. The Hall–Kier alpha value is -1.72. The van der Waals surface area contributed by atoms with E-state index in [1.54, 1.807) is 7.05 Å². The Bertz CT molecular complexity index is 533. The molecule has 1 atom stereocenters. The SMILES string of the molecule is CC(N(C)C(=O)c1cc(C(F)(F)F)ccc1N)C(C)(C)C. The Kier molecular flexibility index (Phi) is 4.60. The van der Waals surface area contributed by atoms with E-state index in [9.17, 15) is 18.0 Å². The summed E-state index contributed by atoms with van der Waals surface area (Å²) in [5.74, 6) is -0.513. The molecular formula is C15H21F3N2O. The fraction of sp³-hybridized carbons (Fsp3) is 0.533. The van der Waals surface area contributed by atoms with Crippen LogP contribution in [0.5, 0.6) is 0 Å². The molecule has 0 aliphatic heterocycles. The van der Waals surface area contributed by atoms with Crippen molar-refractivity contribution in [3.63, 3.8) is 0 Å². The highest BCUT2D eigenvalue weighted by Crippen LogP contribution is 2.32. The lowest BCUT2D eigenvalue weighted by Gasteiger charge is -2.35. The summed E-state index contributed by atoms with van der Waals surface area (Å²) in [5.41, 5.74) is 4.51. The number of halogens is 3. The van der Waals surface area contributed by atoms with Crippen LogP contribution in [0.1, 0.15) is 43.6 Å². The van der Waals surface area contributed by atoms with Crippen LogP contribution in [0.4, 0.5) is 18.9 Å². The van der Waals surface area contributed by atoms with Gasteiger partial charge in [0.1, 0.15) is 0 Å². The molecule has 3 nitrogen and oxygen atoms in total. The van der Waals surface area contributed by atoms with Crippen molar-refractivity contribution >= 4 is 11.6 Å². The fourth-order valence-corrected chi connectivity index (χ4v) is 1.86. The van der Waals surface area contributed by atoms with Crippen molar-refractivity contribution < 1.29 is 18.0 Å². The Morgan fingerprint density at radius 3 is 2.19 bits per heavy atom. The molecule has 0 aliphatic carbocycles. The zero-order chi connectivity index (χ0) is 16.6. The van der Waals surface area contributed by atoms with Gasteiger partial charge >= 0.3 is 6.18 Å². The smallest absolute Gasteiger partial charge is 0.398 e. The van der Waals surface area contributed by atoms with E-state index in [0.717, 1.165) is 18.2 Å². The number of nitrogens with two attached hydrogens (primary N) is 1. The lowest BCUT2D eigenvalue weighted by Crippen LogP contribution is -2.43. The Balaban J connectivity index is 3.19. The highest BCUT2D eigenvalue weighted by Gasteiger charge is 2.33. The molecule has 0 spiro atoms. The van der Waals surface area contributed by atoms with E-state index in [4.69, 9.17) is 5.73 Å². The summed E-state index contributed by atoms with van der Waals surface area (Å²) >= 11 is 0. The van der Waals surface area contributed by atoms with Crippen LogP contribution in [0.15, 0.2) is 18.2 Å². The number of anilines is 1. The summed E-state index contributed by atoms with van der Waals surface area (Å²) in [6.07, 6.45) is -4.50. The first-order valence-corrected chi connectivity index (χ1v) is 6.59. The van der Waals surface area contributed by atoms with Gasteiger partial charge in [0.25, 0.3) is 5.91 Å². The van der Waals surface area contributed by atoms with Gasteiger partial charge in [-0.05, 0) is 30.5 Å². The minimum absolute atomic E-state index is 0.0426. The number of carbonyl (C=O) groups is 1. The monoisotopic (exact) mass is 302 g/mol. The van der Waals surface area contributed by atoms with Gasteiger partial charge in [-0.25, -0.2) is 0 Å². The molecule has 6 heteroatoms. The zero-order valence-electron chi connectivity index (χ0n) is 12.9. The predicted octanol–water partition coefficient (Wildman–Crippen LogP) is 3.79. The maximum absolute atomic E-state index is 12.7. The second kappa shape index (κ2) is 5.58. The van der Waals surface area contributed by atoms with Gasteiger partial charge in [0, 0.05) is 18.8 Å². The number of hydrogen-bond acceptors (Lipinski definition) is 2. The van der Waals surface area contributed by atoms with E-state index in [1.807, 2.05) is 27.7 Å². The summed E-state index contributed by atoms with van der Waals surface area (Å²) in [6.45, 7) is 7.71. The van der Waals surface area contributed by atoms with Crippen molar-refractivity contribution in [2.75, 3.05) is 12.8 Å². The number of carbonyl (C=O) groups excluding carboxylic acids is 1. The van der Waals surface area contributed by atoms with Crippen molar-refractivity contribution in [2.45, 2.75) is 39.9 Å². The number of rotatable bonds is 2. The molecule has 118 valence electrons. The van der Waals surface area contributed by atoms with Crippen LogP contribution >= 0.6 is 0 Å². The molecule has 2 N–H and O–H groups in total. The molecule has 0 saturated carbocycles. The number of benzene rings is 1. The van der Waals surface area contributed by atoms with E-state index in [0.29, 0.717) is 0 Å². The summed E-state index contributed by atoms with van der Waals surface area (Å²) in [4.78, 5) is 13.8. The molecule has 1 rings (SSSR count). The van der Waals surface area contributed by atoms with Crippen LogP contribution in [0.2, 0.25) is 0 Å². The maximum atomic E-state index is 12.7. The Morgan fingerprint density at radius 2 is 1.76 bits per heavy atom. The van der Waals surface area contributed by atoms with Gasteiger partial charge in [0.15, 0.2) is 0 Å². The third-order valence-corrected chi connectivity index (χ3v) is 3.77. The van der Waals surface area contributed by atoms with Crippen LogP contribution < -0.4 is 5.73 Å². The van der Waals surface area contributed by atoms with E-state index < -0.39 is 17.6 Å². The second-order valence-electron chi connectivity index (χ2n) is 6.26. The third kappa shape index (κ3) is 3.89. The summed E-state index contributed by atoms with van der Waals surface area (Å²) < 4.78 is 38.2. The minimum atomic E-state index is -4.50. The Labute approximate surface area is 122 Å². The first kappa shape index (κ1) is 17.3. The molecule has 0 radical (unpaired) electrons. The molecule has 0 bridgehead atoms. The first-order valence-electron chi connectivity index (χ1n) is 6.59. The molecule has 0 aromatic heterocycles. The highest BCUT2D eigenvalue weighted by atomic mass is 19.4. The highest BCUT2D eigenvalue weighted by molar-refractivity contribution is 5.99. The van der Waals surface area contributed by atoms with Gasteiger partial charge in [0.05, 0.1) is 11.1 Å². The van der Waals surface area contributed by atoms with Crippen molar-refractivity contribution in [1.82, 2.24) is 4.90 Å². The van der Waals surface area contributed by atoms with E-state index in [2.05, 4.69) is 0 Å². The van der Waals surface area contributed by atoms with Crippen LogP contribution in [0, 0.1) is 5.41 Å². The average molecular weight is 302 g/mol. The van der Waals surface area contributed by atoms with Crippen molar-refractivity contribution in [1.29, 1.82) is 0 Å². The number of nitrogen functional groups attached to an aromatic ring is 1. The molecule has 1 aromatic rings. The van der Waals surface area contributed by atoms with E-state index in [-0.39, 0.29) is 22.7 Å². The van der Waals surface area contributed by atoms with Crippen LogP contribution in [0.25, 0.3) is 0 Å². The summed E-state index contributed by atoms with van der Waals surface area (Å²) in [7, 11) is 1.57. The lowest BCUT2D eigenvalue weighted by atomic mass is 9.87. The normalized spacial score (nSPS) is 13.9. The van der Waals surface area contributed by atoms with Crippen LogP contribution in [-0.4, -0.2) is 23.9 Å². The molecule has 1 aromatic carbocycles. The third-order valence-electron chi connectivity index (χ3n) is 3.77. The van der Waals surface area contributed by atoms with Gasteiger partial charge < -0.3 is 10.6 Å². The molecular weight excluding hydrogens is 281 g/mol. The molecule has 0 fully saturated rings. The fourth-order valence-electron chi connectivity index (χ4n) is 1.86. The average Bonchev–Trinajstić information content (AvgIpc) is 2.34. The first-order chi connectivity index (χ1) is 9.35. The summed E-state index contributed by atoms with van der Waals surface area (Å²) in [5, 5.41) is 0. The molecule has 0 heterocycles. The standard InChI is InChI=1S/C15H21F3N2O/c1-9(14(2,3)4)20(5)13(21)11-8-10(15(16,17)18)6-7-12(11)19/h6-9H,19H2,1-5H3. The van der Waals surface area contributed by atoms with Gasteiger partial charge in [-0.15, -0.1) is 0 Å². The number of hydrogen-bond donors (Lipinski definition) is 1. The van der Waals surface area contributed by atoms with Crippen molar-refractivity contribution in [3.8, 4) is 0 Å². The molecule has 1 amide bonds. The van der Waals surface area contributed by atoms with Gasteiger partial charge in [-0.1, -0.05) is 20.8 Å². The van der Waals surface area contributed by atoms with Gasteiger partial charge in [-0.2, -0.15) is 13.2 Å². The van der Waals surface area contributed by atoms with Gasteiger partial charge in [0.2, 0.25) is 0 Å². The van der Waals surface area contributed by atoms with Crippen LogP contribution in [-0.2, 0) is 6.18 Å². The molecule has 1 unspecified atom stereocenters. The number of amides is 1. The van der Waals surface area contributed by atoms with E-state index in [1.165, 1.54) is 4.90 Å². The van der Waals surface area contributed by atoms with Crippen molar-refractivity contribution in [3.05, 3.63) is 29.3 Å². The van der Waals surface area contributed by atoms with Crippen molar-refractivity contribution in [2.24, 2.45) is 5.41 Å². The zero-order valence-corrected chi connectivity index (χ0v) is 12.9. The minimum Gasteiger partial charge on any atom is -0.398 e. The lowest BCUT2D eigenvalue weighted by molar-refractivity contribution is -0.137. The predicted molar refractivity (Wildman–Crippen MR) is 76.9 cm³/mol. The Morgan fingerprint density at radius 1 is 1.24 bits per heavy atom. The number of nitrogens with zero attached hydrogens (tertiary/aromatic N) is 1. The molecule has 21 heavy (non-hydrogen) atoms. The number of alkyl halides is 3. The van der Waals surface area contributed by atoms with Crippen LogP contribution in [0.3, 0.4) is 0 Å². The topological polar surface area (TPSA) is 46.3 Å². The van der Waals surface area contributed by atoms with Gasteiger partial charge in [-0.3, -0.25) is 4.79 Å². The molecule has 0 saturated heterocycles. The largest absolute Gasteiger partial charge is 0.416 e. The van der Waals surface area contributed by atoms with E-state index >= 15 is 0 Å².